The van der Waals surface area contributed by atoms with E-state index in [4.69, 9.17) is 10.8 Å². The maximum Gasteiger partial charge on any atom is 0.332 e. The number of aliphatic hydroxyl groups excluding tert-OH is 1. The van der Waals surface area contributed by atoms with Crippen LogP contribution in [0.25, 0.3) is 0 Å². The second-order valence-corrected chi connectivity index (χ2v) is 5.04. The lowest BCUT2D eigenvalue weighted by atomic mass is 10.3. The first-order chi connectivity index (χ1) is 9.99. The minimum atomic E-state index is -0.384. The van der Waals surface area contributed by atoms with Crippen molar-refractivity contribution in [3.63, 3.8) is 0 Å². The van der Waals surface area contributed by atoms with Gasteiger partial charge in [0.05, 0.1) is 0 Å². The highest BCUT2D eigenvalue weighted by Gasteiger charge is 2.19. The van der Waals surface area contributed by atoms with E-state index >= 15 is 0 Å². The van der Waals surface area contributed by atoms with Gasteiger partial charge in [0.15, 0.2) is 0 Å². The van der Waals surface area contributed by atoms with Crippen molar-refractivity contribution >= 4 is 11.5 Å². The third-order valence-corrected chi connectivity index (χ3v) is 3.58. The molecule has 1 aromatic heterocycles. The van der Waals surface area contributed by atoms with Gasteiger partial charge in [-0.15, -0.1) is 0 Å². The Morgan fingerprint density at radius 1 is 1.24 bits per heavy atom. The van der Waals surface area contributed by atoms with E-state index in [1.54, 1.807) is 0 Å². The van der Waals surface area contributed by atoms with E-state index in [0.717, 1.165) is 17.4 Å². The third-order valence-electron chi connectivity index (χ3n) is 3.58. The standard InChI is InChI=1S/C14H26N4O3/c1-4-6-9-18-12(15)11(13(20)16(3)14(18)21)17(5-2)8-7-10-19/h19H,4-10,15H2,1-3H3. The summed E-state index contributed by atoms with van der Waals surface area (Å²) in [5.41, 5.74) is 5.67. The summed E-state index contributed by atoms with van der Waals surface area (Å²) in [5, 5.41) is 8.97. The van der Waals surface area contributed by atoms with E-state index in [0.29, 0.717) is 31.7 Å². The number of nitrogens with zero attached hydrogens (tertiary/aromatic N) is 3. The Morgan fingerprint density at radius 2 is 1.90 bits per heavy atom. The molecule has 0 aliphatic heterocycles. The van der Waals surface area contributed by atoms with Gasteiger partial charge in [0.1, 0.15) is 11.5 Å². The number of hydrogen-bond donors (Lipinski definition) is 2. The van der Waals surface area contributed by atoms with E-state index in [1.165, 1.54) is 11.6 Å². The molecule has 120 valence electrons. The highest BCUT2D eigenvalue weighted by atomic mass is 16.3. The second kappa shape index (κ2) is 7.87. The van der Waals surface area contributed by atoms with Crippen molar-refractivity contribution in [1.29, 1.82) is 0 Å². The second-order valence-electron chi connectivity index (χ2n) is 5.04. The van der Waals surface area contributed by atoms with Crippen LogP contribution in [-0.2, 0) is 13.6 Å². The Kier molecular flexibility index (Phi) is 6.48. The number of aromatic nitrogens is 2. The Labute approximate surface area is 124 Å². The van der Waals surface area contributed by atoms with E-state index < -0.39 is 0 Å². The zero-order chi connectivity index (χ0) is 16.0. The Balaban J connectivity index is 3.39. The van der Waals surface area contributed by atoms with Gasteiger partial charge in [0.2, 0.25) is 0 Å². The van der Waals surface area contributed by atoms with Crippen LogP contribution in [-0.4, -0.2) is 33.9 Å². The quantitative estimate of drug-likeness (QED) is 0.712. The van der Waals surface area contributed by atoms with Crippen LogP contribution in [0.3, 0.4) is 0 Å². The molecule has 0 aromatic carbocycles. The average Bonchev–Trinajstić information content (AvgIpc) is 2.48. The summed E-state index contributed by atoms with van der Waals surface area (Å²) in [6, 6.07) is 0. The molecule has 0 unspecified atom stereocenters. The van der Waals surface area contributed by atoms with Gasteiger partial charge >= 0.3 is 5.69 Å². The predicted octanol–water partition coefficient (Wildman–Crippen LogP) is 0.138. The van der Waals surface area contributed by atoms with E-state index in [1.807, 2.05) is 18.7 Å². The molecule has 0 radical (unpaired) electrons. The molecule has 1 heterocycles. The first kappa shape index (κ1) is 17.3. The highest BCUT2D eigenvalue weighted by Crippen LogP contribution is 2.17. The van der Waals surface area contributed by atoms with Crippen LogP contribution in [0.15, 0.2) is 9.59 Å². The maximum absolute atomic E-state index is 12.4. The summed E-state index contributed by atoms with van der Waals surface area (Å²) in [6.07, 6.45) is 2.31. The minimum Gasteiger partial charge on any atom is -0.396 e. The predicted molar refractivity (Wildman–Crippen MR) is 84.9 cm³/mol. The van der Waals surface area contributed by atoms with E-state index in [-0.39, 0.29) is 23.7 Å². The van der Waals surface area contributed by atoms with Crippen molar-refractivity contribution < 1.29 is 5.11 Å². The number of anilines is 2. The molecule has 0 bridgehead atoms. The molecule has 0 saturated carbocycles. The zero-order valence-electron chi connectivity index (χ0n) is 13.1. The normalized spacial score (nSPS) is 10.9. The molecule has 7 heteroatoms. The molecule has 0 aliphatic rings. The molecular formula is C14H26N4O3. The van der Waals surface area contributed by atoms with Crippen LogP contribution in [0.4, 0.5) is 11.5 Å². The van der Waals surface area contributed by atoms with Crippen LogP contribution in [0, 0.1) is 0 Å². The number of nitrogen functional groups attached to an aromatic ring is 1. The van der Waals surface area contributed by atoms with Gasteiger partial charge in [-0.2, -0.15) is 0 Å². The van der Waals surface area contributed by atoms with E-state index in [2.05, 4.69) is 0 Å². The topological polar surface area (TPSA) is 93.5 Å². The van der Waals surface area contributed by atoms with E-state index in [9.17, 15) is 9.59 Å². The lowest BCUT2D eigenvalue weighted by Crippen LogP contribution is -2.43. The van der Waals surface area contributed by atoms with Crippen molar-refractivity contribution in [2.24, 2.45) is 7.05 Å². The molecule has 21 heavy (non-hydrogen) atoms. The fraction of sp³-hybridized carbons (Fsp3) is 0.714. The van der Waals surface area contributed by atoms with Gasteiger partial charge < -0.3 is 15.7 Å². The largest absolute Gasteiger partial charge is 0.396 e. The molecule has 3 N–H and O–H groups in total. The molecule has 0 saturated heterocycles. The van der Waals surface area contributed by atoms with Crippen molar-refractivity contribution in [2.75, 3.05) is 30.3 Å². The Morgan fingerprint density at radius 3 is 2.43 bits per heavy atom. The number of nitrogens with two attached hydrogens (primary N) is 1. The lowest BCUT2D eigenvalue weighted by molar-refractivity contribution is 0.289. The average molecular weight is 298 g/mol. The fourth-order valence-electron chi connectivity index (χ4n) is 2.29. The van der Waals surface area contributed by atoms with Gasteiger partial charge in [-0.3, -0.25) is 13.9 Å². The summed E-state index contributed by atoms with van der Waals surface area (Å²) in [4.78, 5) is 26.4. The molecule has 0 spiro atoms. The van der Waals surface area contributed by atoms with Gasteiger partial charge in [0.25, 0.3) is 5.56 Å². The number of hydrogen-bond acceptors (Lipinski definition) is 5. The van der Waals surface area contributed by atoms with Crippen LogP contribution in [0.1, 0.15) is 33.1 Å². The third kappa shape index (κ3) is 3.66. The van der Waals surface area contributed by atoms with Crippen LogP contribution >= 0.6 is 0 Å². The van der Waals surface area contributed by atoms with Crippen LogP contribution in [0.5, 0.6) is 0 Å². The Bertz CT molecular complexity index is 577. The fourth-order valence-corrected chi connectivity index (χ4v) is 2.29. The van der Waals surface area contributed by atoms with Crippen molar-refractivity contribution in [1.82, 2.24) is 9.13 Å². The van der Waals surface area contributed by atoms with Crippen LogP contribution < -0.4 is 21.9 Å². The van der Waals surface area contributed by atoms with Gasteiger partial charge in [0, 0.05) is 33.3 Å². The highest BCUT2D eigenvalue weighted by molar-refractivity contribution is 5.62. The van der Waals surface area contributed by atoms with Crippen molar-refractivity contribution in [3.8, 4) is 0 Å². The monoisotopic (exact) mass is 298 g/mol. The smallest absolute Gasteiger partial charge is 0.332 e. The molecule has 7 nitrogen and oxygen atoms in total. The zero-order valence-corrected chi connectivity index (χ0v) is 13.1. The SMILES string of the molecule is CCCCn1c(N)c(N(CC)CCCO)c(=O)n(C)c1=O. The first-order valence-electron chi connectivity index (χ1n) is 7.44. The summed E-state index contributed by atoms with van der Waals surface area (Å²) in [6.45, 7) is 5.61. The minimum absolute atomic E-state index is 0.0478. The van der Waals surface area contributed by atoms with Gasteiger partial charge in [-0.25, -0.2) is 4.79 Å². The van der Waals surface area contributed by atoms with Gasteiger partial charge in [-0.05, 0) is 19.8 Å². The summed E-state index contributed by atoms with van der Waals surface area (Å²) in [7, 11) is 1.47. The van der Waals surface area contributed by atoms with Crippen LogP contribution in [0.2, 0.25) is 0 Å². The number of rotatable bonds is 8. The molecule has 0 atom stereocenters. The van der Waals surface area contributed by atoms with Crippen molar-refractivity contribution in [3.05, 3.63) is 20.8 Å². The van der Waals surface area contributed by atoms with Crippen molar-refractivity contribution in [2.45, 2.75) is 39.7 Å². The molecule has 1 rings (SSSR count). The summed E-state index contributed by atoms with van der Waals surface area (Å²) >= 11 is 0. The number of unbranched alkanes of at least 4 members (excludes halogenated alkanes) is 1. The molecule has 0 aliphatic carbocycles. The molecule has 0 amide bonds. The summed E-state index contributed by atoms with van der Waals surface area (Å²) in [5.74, 6) is 0.219. The molecule has 1 aromatic rings. The molecule has 0 fully saturated rings. The Hall–Kier alpha value is -1.76. The first-order valence-corrected chi connectivity index (χ1v) is 7.44. The summed E-state index contributed by atoms with van der Waals surface area (Å²) < 4.78 is 2.56. The number of aliphatic hydroxyl groups is 1. The lowest BCUT2D eigenvalue weighted by Gasteiger charge is -2.25. The van der Waals surface area contributed by atoms with Gasteiger partial charge in [-0.1, -0.05) is 13.3 Å². The maximum atomic E-state index is 12.4. The molecular weight excluding hydrogens is 272 g/mol.